The maximum absolute atomic E-state index is 13.9. The summed E-state index contributed by atoms with van der Waals surface area (Å²) in [6, 6.07) is 5.03. The molecule has 5 heteroatoms. The minimum absolute atomic E-state index is 0.000315. The molecule has 0 aliphatic carbocycles. The van der Waals surface area contributed by atoms with E-state index in [2.05, 4.69) is 0 Å². The molecule has 1 aromatic carbocycles. The number of fused-ring (bicyclic) bond motifs is 1. The number of nitrogens with zero attached hydrogens (tertiary/aromatic N) is 1. The summed E-state index contributed by atoms with van der Waals surface area (Å²) in [6.07, 6.45) is 4.46. The summed E-state index contributed by atoms with van der Waals surface area (Å²) < 4.78 is 19.5. The van der Waals surface area contributed by atoms with E-state index in [9.17, 15) is 9.18 Å². The zero-order valence-corrected chi connectivity index (χ0v) is 12.8. The molecule has 21 heavy (non-hydrogen) atoms. The van der Waals surface area contributed by atoms with Crippen molar-refractivity contribution in [2.45, 2.75) is 31.8 Å². The monoisotopic (exact) mass is 309 g/mol. The molecule has 114 valence electrons. The summed E-state index contributed by atoms with van der Waals surface area (Å²) in [5.74, 6) is 0.954. The Kier molecular flexibility index (Phi) is 4.80. The number of ether oxygens (including phenoxy) is 1. The zero-order valence-electron chi connectivity index (χ0n) is 12.0. The summed E-state index contributed by atoms with van der Waals surface area (Å²) >= 11 is 1.60. The summed E-state index contributed by atoms with van der Waals surface area (Å²) in [5.41, 5.74) is 1.42. The standard InChI is InChI=1S/C16H20FNO2S/c17-14-6-3-4-12-7-8-18(16(12)14)15(19)11-21-10-13-5-1-2-9-20-13/h3-4,6,13H,1-2,5,7-11H2/t13-/m0/s1. The van der Waals surface area contributed by atoms with Gasteiger partial charge in [-0.2, -0.15) is 0 Å². The first-order chi connectivity index (χ1) is 10.3. The molecule has 1 amide bonds. The number of hydrogen-bond donors (Lipinski definition) is 0. The number of hydrogen-bond acceptors (Lipinski definition) is 3. The van der Waals surface area contributed by atoms with E-state index in [1.807, 2.05) is 6.07 Å². The molecule has 0 spiro atoms. The average Bonchev–Trinajstić information content (AvgIpc) is 2.94. The number of carbonyl (C=O) groups is 1. The first kappa shape index (κ1) is 14.9. The molecular weight excluding hydrogens is 289 g/mol. The molecule has 1 aromatic rings. The third-order valence-electron chi connectivity index (χ3n) is 4.05. The Morgan fingerprint density at radius 2 is 2.33 bits per heavy atom. The van der Waals surface area contributed by atoms with E-state index >= 15 is 0 Å². The molecule has 1 saturated heterocycles. The van der Waals surface area contributed by atoms with Gasteiger partial charge in [-0.3, -0.25) is 4.79 Å². The molecule has 2 aliphatic heterocycles. The second-order valence-corrected chi connectivity index (χ2v) is 6.58. The van der Waals surface area contributed by atoms with Gasteiger partial charge in [-0.05, 0) is 37.3 Å². The highest BCUT2D eigenvalue weighted by molar-refractivity contribution is 8.00. The number of anilines is 1. The van der Waals surface area contributed by atoms with Crippen LogP contribution in [-0.4, -0.2) is 36.7 Å². The van der Waals surface area contributed by atoms with E-state index < -0.39 is 0 Å². The zero-order chi connectivity index (χ0) is 14.7. The van der Waals surface area contributed by atoms with Crippen molar-refractivity contribution in [2.24, 2.45) is 0 Å². The van der Waals surface area contributed by atoms with Gasteiger partial charge >= 0.3 is 0 Å². The molecule has 0 aromatic heterocycles. The normalized spacial score (nSPS) is 21.4. The summed E-state index contributed by atoms with van der Waals surface area (Å²) in [6.45, 7) is 1.43. The van der Waals surface area contributed by atoms with Gasteiger partial charge in [0, 0.05) is 18.9 Å². The van der Waals surface area contributed by atoms with Crippen molar-refractivity contribution in [3.63, 3.8) is 0 Å². The summed E-state index contributed by atoms with van der Waals surface area (Å²) in [7, 11) is 0. The van der Waals surface area contributed by atoms with Crippen LogP contribution < -0.4 is 4.90 Å². The van der Waals surface area contributed by atoms with Crippen LogP contribution in [0, 0.1) is 5.82 Å². The van der Waals surface area contributed by atoms with E-state index in [0.29, 0.717) is 18.0 Å². The molecule has 3 rings (SSSR count). The van der Waals surface area contributed by atoms with Gasteiger partial charge in [-0.1, -0.05) is 12.1 Å². The van der Waals surface area contributed by atoms with Gasteiger partial charge in [0.1, 0.15) is 5.82 Å². The number of amides is 1. The third kappa shape index (κ3) is 3.40. The largest absolute Gasteiger partial charge is 0.377 e. The fourth-order valence-electron chi connectivity index (χ4n) is 2.95. The van der Waals surface area contributed by atoms with Gasteiger partial charge in [-0.15, -0.1) is 11.8 Å². The van der Waals surface area contributed by atoms with Crippen LogP contribution in [0.5, 0.6) is 0 Å². The number of para-hydroxylation sites is 1. The molecule has 0 bridgehead atoms. The second-order valence-electron chi connectivity index (χ2n) is 5.55. The Hall–Kier alpha value is -1.07. The van der Waals surface area contributed by atoms with E-state index in [-0.39, 0.29) is 17.8 Å². The van der Waals surface area contributed by atoms with Crippen molar-refractivity contribution < 1.29 is 13.9 Å². The molecule has 2 heterocycles. The van der Waals surface area contributed by atoms with Gasteiger partial charge in [0.05, 0.1) is 17.5 Å². The van der Waals surface area contributed by atoms with Crippen LogP contribution in [0.25, 0.3) is 0 Å². The highest BCUT2D eigenvalue weighted by Gasteiger charge is 2.27. The van der Waals surface area contributed by atoms with E-state index in [1.54, 1.807) is 22.7 Å². The molecule has 3 nitrogen and oxygen atoms in total. The summed E-state index contributed by atoms with van der Waals surface area (Å²) in [4.78, 5) is 13.9. The lowest BCUT2D eigenvalue weighted by molar-refractivity contribution is -0.116. The van der Waals surface area contributed by atoms with Gasteiger partial charge in [0.25, 0.3) is 0 Å². The number of thioether (sulfide) groups is 1. The van der Waals surface area contributed by atoms with Crippen LogP contribution in [0.15, 0.2) is 18.2 Å². The van der Waals surface area contributed by atoms with Crippen LogP contribution in [0.2, 0.25) is 0 Å². The highest BCUT2D eigenvalue weighted by atomic mass is 32.2. The molecule has 0 radical (unpaired) electrons. The van der Waals surface area contributed by atoms with Crippen molar-refractivity contribution >= 4 is 23.4 Å². The SMILES string of the molecule is O=C(CSC[C@@H]1CCCCO1)N1CCc2cccc(F)c21. The lowest BCUT2D eigenvalue weighted by atomic mass is 10.1. The first-order valence-electron chi connectivity index (χ1n) is 7.53. The van der Waals surface area contributed by atoms with Gasteiger partial charge in [0.15, 0.2) is 0 Å². The molecule has 1 fully saturated rings. The van der Waals surface area contributed by atoms with Crippen LogP contribution in [0.4, 0.5) is 10.1 Å². The van der Waals surface area contributed by atoms with Crippen LogP contribution >= 0.6 is 11.8 Å². The Morgan fingerprint density at radius 3 is 3.14 bits per heavy atom. The number of rotatable bonds is 4. The maximum Gasteiger partial charge on any atom is 0.237 e. The van der Waals surface area contributed by atoms with Gasteiger partial charge in [-0.25, -0.2) is 4.39 Å². The molecule has 1 atom stereocenters. The molecule has 0 unspecified atom stereocenters. The molecule has 0 saturated carbocycles. The molecular formula is C16H20FNO2S. The van der Waals surface area contributed by atoms with E-state index in [0.717, 1.165) is 37.2 Å². The number of benzene rings is 1. The lowest BCUT2D eigenvalue weighted by Gasteiger charge is -2.22. The molecule has 0 N–H and O–H groups in total. The van der Waals surface area contributed by atoms with Gasteiger partial charge in [0.2, 0.25) is 5.91 Å². The second kappa shape index (κ2) is 6.79. The average molecular weight is 309 g/mol. The highest BCUT2D eigenvalue weighted by Crippen LogP contribution is 2.31. The van der Waals surface area contributed by atoms with Crippen molar-refractivity contribution in [3.8, 4) is 0 Å². The van der Waals surface area contributed by atoms with Crippen molar-refractivity contribution in [1.29, 1.82) is 0 Å². The fraction of sp³-hybridized carbons (Fsp3) is 0.562. The topological polar surface area (TPSA) is 29.5 Å². The van der Waals surface area contributed by atoms with Crippen molar-refractivity contribution in [2.75, 3.05) is 29.6 Å². The Morgan fingerprint density at radius 1 is 1.43 bits per heavy atom. The number of halogens is 1. The molecule has 2 aliphatic rings. The first-order valence-corrected chi connectivity index (χ1v) is 8.68. The Balaban J connectivity index is 1.53. The number of carbonyl (C=O) groups excluding carboxylic acids is 1. The summed E-state index contributed by atoms with van der Waals surface area (Å²) in [5, 5.41) is 0. The van der Waals surface area contributed by atoms with E-state index in [4.69, 9.17) is 4.74 Å². The Bertz CT molecular complexity index is 517. The predicted molar refractivity (Wildman–Crippen MR) is 83.4 cm³/mol. The third-order valence-corrected chi connectivity index (χ3v) is 5.11. The van der Waals surface area contributed by atoms with E-state index in [1.165, 1.54) is 12.5 Å². The Labute approximate surface area is 128 Å². The predicted octanol–water partition coefficient (Wildman–Crippen LogP) is 3.02. The van der Waals surface area contributed by atoms with Crippen LogP contribution in [0.1, 0.15) is 24.8 Å². The minimum Gasteiger partial charge on any atom is -0.377 e. The smallest absolute Gasteiger partial charge is 0.237 e. The van der Waals surface area contributed by atoms with Crippen LogP contribution in [0.3, 0.4) is 0 Å². The van der Waals surface area contributed by atoms with Gasteiger partial charge < -0.3 is 9.64 Å². The quantitative estimate of drug-likeness (QED) is 0.856. The van der Waals surface area contributed by atoms with Crippen molar-refractivity contribution in [3.05, 3.63) is 29.6 Å². The van der Waals surface area contributed by atoms with Crippen molar-refractivity contribution in [1.82, 2.24) is 0 Å². The van der Waals surface area contributed by atoms with Crippen LogP contribution in [-0.2, 0) is 16.0 Å². The fourth-order valence-corrected chi connectivity index (χ4v) is 3.93. The lowest BCUT2D eigenvalue weighted by Crippen LogP contribution is -2.32. The minimum atomic E-state index is -0.293. The maximum atomic E-state index is 13.9.